The third-order valence-electron chi connectivity index (χ3n) is 5.08. The second-order valence-electron chi connectivity index (χ2n) is 6.54. The van der Waals surface area contributed by atoms with Crippen LogP contribution in [0.25, 0.3) is 0 Å². The standard InChI is InChI=1S/C14H27N3O2/c1-16(2)14(6-8-17(3)9-7-14)10-15-12(19)13(11-18)4-5-13/h18H,4-11H2,1-3H3,(H,15,19). The van der Waals surface area contributed by atoms with E-state index in [1.54, 1.807) is 0 Å². The van der Waals surface area contributed by atoms with Crippen LogP contribution in [0, 0.1) is 5.41 Å². The van der Waals surface area contributed by atoms with Crippen LogP contribution in [0.3, 0.4) is 0 Å². The fourth-order valence-electron chi connectivity index (χ4n) is 2.86. The van der Waals surface area contributed by atoms with E-state index in [4.69, 9.17) is 0 Å². The lowest BCUT2D eigenvalue weighted by Gasteiger charge is -2.45. The number of nitrogens with one attached hydrogen (secondary N) is 1. The lowest BCUT2D eigenvalue weighted by Crippen LogP contribution is -2.58. The summed E-state index contributed by atoms with van der Waals surface area (Å²) in [6.07, 6.45) is 3.80. The average Bonchev–Trinajstić information content (AvgIpc) is 3.19. The molecule has 0 atom stereocenters. The van der Waals surface area contributed by atoms with Crippen LogP contribution in [0.2, 0.25) is 0 Å². The van der Waals surface area contributed by atoms with Gasteiger partial charge in [-0.2, -0.15) is 0 Å². The molecule has 2 rings (SSSR count). The highest BCUT2D eigenvalue weighted by atomic mass is 16.3. The number of likely N-dealkylation sites (N-methyl/N-ethyl adjacent to an activating group) is 1. The fraction of sp³-hybridized carbons (Fsp3) is 0.929. The van der Waals surface area contributed by atoms with E-state index in [1.165, 1.54) is 0 Å². The Balaban J connectivity index is 1.93. The summed E-state index contributed by atoms with van der Waals surface area (Å²) in [5.74, 6) is 0.0372. The molecule has 0 aromatic carbocycles. The summed E-state index contributed by atoms with van der Waals surface area (Å²) in [5, 5.41) is 12.4. The minimum absolute atomic E-state index is 0.0173. The predicted octanol–water partition coefficient (Wildman–Crippen LogP) is -0.0989. The van der Waals surface area contributed by atoms with Gasteiger partial charge in [0.2, 0.25) is 5.91 Å². The molecule has 1 aliphatic carbocycles. The van der Waals surface area contributed by atoms with Crippen molar-refractivity contribution >= 4 is 5.91 Å². The minimum atomic E-state index is -0.459. The molecular formula is C14H27N3O2. The quantitative estimate of drug-likeness (QED) is 0.732. The maximum atomic E-state index is 12.1. The minimum Gasteiger partial charge on any atom is -0.395 e. The fourth-order valence-corrected chi connectivity index (χ4v) is 2.86. The van der Waals surface area contributed by atoms with E-state index >= 15 is 0 Å². The second kappa shape index (κ2) is 5.38. The van der Waals surface area contributed by atoms with Crippen molar-refractivity contribution in [2.24, 2.45) is 5.41 Å². The molecule has 0 aromatic rings. The number of likely N-dealkylation sites (tertiary alicyclic amines) is 1. The van der Waals surface area contributed by atoms with Crippen LogP contribution in [0.4, 0.5) is 0 Å². The number of carbonyl (C=O) groups excluding carboxylic acids is 1. The van der Waals surface area contributed by atoms with Gasteiger partial charge in [0.1, 0.15) is 0 Å². The van der Waals surface area contributed by atoms with Crippen molar-refractivity contribution in [2.75, 3.05) is 47.4 Å². The molecule has 19 heavy (non-hydrogen) atoms. The molecule has 0 unspecified atom stereocenters. The van der Waals surface area contributed by atoms with Crippen LogP contribution in [-0.2, 0) is 4.79 Å². The number of nitrogens with zero attached hydrogens (tertiary/aromatic N) is 2. The highest BCUT2D eigenvalue weighted by Gasteiger charge is 2.50. The molecule has 1 saturated heterocycles. The van der Waals surface area contributed by atoms with Crippen molar-refractivity contribution in [3.63, 3.8) is 0 Å². The number of aliphatic hydroxyl groups excluding tert-OH is 1. The molecule has 0 bridgehead atoms. The molecule has 2 aliphatic rings. The van der Waals surface area contributed by atoms with Crippen molar-refractivity contribution in [3.8, 4) is 0 Å². The summed E-state index contributed by atoms with van der Waals surface area (Å²) >= 11 is 0. The van der Waals surface area contributed by atoms with Crippen LogP contribution < -0.4 is 5.32 Å². The summed E-state index contributed by atoms with van der Waals surface area (Å²) < 4.78 is 0. The highest BCUT2D eigenvalue weighted by molar-refractivity contribution is 5.85. The molecule has 0 aromatic heterocycles. The first-order valence-electron chi connectivity index (χ1n) is 7.19. The summed E-state index contributed by atoms with van der Waals surface area (Å²) in [5.41, 5.74) is -0.396. The molecule has 5 heteroatoms. The summed E-state index contributed by atoms with van der Waals surface area (Å²) in [4.78, 5) is 16.7. The third kappa shape index (κ3) is 2.93. The molecular weight excluding hydrogens is 242 g/mol. The van der Waals surface area contributed by atoms with Gasteiger partial charge in [0, 0.05) is 12.1 Å². The number of rotatable bonds is 5. The van der Waals surface area contributed by atoms with Gasteiger partial charge in [0.25, 0.3) is 0 Å². The molecule has 5 nitrogen and oxygen atoms in total. The smallest absolute Gasteiger partial charge is 0.228 e. The number of aliphatic hydroxyl groups is 1. The van der Waals surface area contributed by atoms with Crippen LogP contribution >= 0.6 is 0 Å². The number of hydrogen-bond donors (Lipinski definition) is 2. The largest absolute Gasteiger partial charge is 0.395 e. The first-order valence-corrected chi connectivity index (χ1v) is 7.19. The van der Waals surface area contributed by atoms with Gasteiger partial charge in [-0.3, -0.25) is 4.79 Å². The molecule has 1 saturated carbocycles. The van der Waals surface area contributed by atoms with Gasteiger partial charge in [0.15, 0.2) is 0 Å². The summed E-state index contributed by atoms with van der Waals surface area (Å²) in [6.45, 7) is 2.81. The van der Waals surface area contributed by atoms with Gasteiger partial charge < -0.3 is 20.2 Å². The van der Waals surface area contributed by atoms with E-state index < -0.39 is 5.41 Å². The van der Waals surface area contributed by atoms with Crippen LogP contribution in [0.15, 0.2) is 0 Å². The van der Waals surface area contributed by atoms with E-state index in [2.05, 4.69) is 36.3 Å². The van der Waals surface area contributed by atoms with Gasteiger partial charge in [-0.1, -0.05) is 0 Å². The average molecular weight is 269 g/mol. The monoisotopic (exact) mass is 269 g/mol. The number of hydrogen-bond acceptors (Lipinski definition) is 4. The van der Waals surface area contributed by atoms with Crippen LogP contribution in [0.5, 0.6) is 0 Å². The Labute approximate surface area is 115 Å². The lowest BCUT2D eigenvalue weighted by atomic mass is 9.86. The topological polar surface area (TPSA) is 55.8 Å². The second-order valence-corrected chi connectivity index (χ2v) is 6.54. The zero-order chi connectivity index (χ0) is 14.1. The summed E-state index contributed by atoms with van der Waals surface area (Å²) in [7, 11) is 6.33. The number of carbonyl (C=O) groups is 1. The Kier molecular flexibility index (Phi) is 4.18. The third-order valence-corrected chi connectivity index (χ3v) is 5.08. The molecule has 0 radical (unpaired) electrons. The normalized spacial score (nSPS) is 25.3. The number of piperidine rings is 1. The highest BCUT2D eigenvalue weighted by Crippen LogP contribution is 2.45. The van der Waals surface area contributed by atoms with E-state index in [1.807, 2.05) is 0 Å². The molecule has 1 aliphatic heterocycles. The number of amides is 1. The lowest BCUT2D eigenvalue weighted by molar-refractivity contribution is -0.128. The van der Waals surface area contributed by atoms with Crippen molar-refractivity contribution < 1.29 is 9.90 Å². The molecule has 1 heterocycles. The van der Waals surface area contributed by atoms with Crippen LogP contribution in [-0.4, -0.2) is 73.7 Å². The van der Waals surface area contributed by atoms with E-state index in [0.29, 0.717) is 6.54 Å². The molecule has 110 valence electrons. The Morgan fingerprint density at radius 1 is 1.26 bits per heavy atom. The van der Waals surface area contributed by atoms with Gasteiger partial charge in [-0.25, -0.2) is 0 Å². The zero-order valence-corrected chi connectivity index (χ0v) is 12.4. The van der Waals surface area contributed by atoms with Gasteiger partial charge >= 0.3 is 0 Å². The maximum absolute atomic E-state index is 12.1. The van der Waals surface area contributed by atoms with Crippen molar-refractivity contribution in [1.82, 2.24) is 15.1 Å². The molecule has 0 spiro atoms. The molecule has 2 fully saturated rings. The Morgan fingerprint density at radius 3 is 2.26 bits per heavy atom. The van der Waals surface area contributed by atoms with Crippen molar-refractivity contribution in [3.05, 3.63) is 0 Å². The van der Waals surface area contributed by atoms with Crippen LogP contribution in [0.1, 0.15) is 25.7 Å². The Bertz CT molecular complexity index is 332. The van der Waals surface area contributed by atoms with Gasteiger partial charge in [-0.05, 0) is 59.9 Å². The van der Waals surface area contributed by atoms with Gasteiger partial charge in [-0.15, -0.1) is 0 Å². The van der Waals surface area contributed by atoms with Crippen molar-refractivity contribution in [2.45, 2.75) is 31.2 Å². The van der Waals surface area contributed by atoms with Gasteiger partial charge in [0.05, 0.1) is 12.0 Å². The molecule has 2 N–H and O–H groups in total. The van der Waals surface area contributed by atoms with E-state index in [9.17, 15) is 9.90 Å². The van der Waals surface area contributed by atoms with E-state index in [-0.39, 0.29) is 18.1 Å². The summed E-state index contributed by atoms with van der Waals surface area (Å²) in [6, 6.07) is 0. The zero-order valence-electron chi connectivity index (χ0n) is 12.4. The van der Waals surface area contributed by atoms with E-state index in [0.717, 1.165) is 38.8 Å². The first-order chi connectivity index (χ1) is 8.94. The maximum Gasteiger partial charge on any atom is 0.228 e. The van der Waals surface area contributed by atoms with Crippen molar-refractivity contribution in [1.29, 1.82) is 0 Å². The first kappa shape index (κ1) is 14.8. The molecule has 1 amide bonds. The predicted molar refractivity (Wildman–Crippen MR) is 74.9 cm³/mol. The Morgan fingerprint density at radius 2 is 1.84 bits per heavy atom. The Hall–Kier alpha value is -0.650. The SMILES string of the molecule is CN1CCC(CNC(=O)C2(CO)CC2)(N(C)C)CC1.